The van der Waals surface area contributed by atoms with Gasteiger partial charge in [-0.2, -0.15) is 0 Å². The molecule has 0 aromatic heterocycles. The fourth-order valence-corrected chi connectivity index (χ4v) is 2.72. The monoisotopic (exact) mass is 208 g/mol. The zero-order chi connectivity index (χ0) is 11.0. The van der Waals surface area contributed by atoms with Gasteiger partial charge >= 0.3 is 0 Å². The van der Waals surface area contributed by atoms with E-state index in [9.17, 15) is 0 Å². The van der Waals surface area contributed by atoms with Gasteiger partial charge in [-0.1, -0.05) is 43.3 Å². The smallest absolute Gasteiger partial charge is 0.0146 e. The van der Waals surface area contributed by atoms with Gasteiger partial charge in [0.2, 0.25) is 0 Å². The summed E-state index contributed by atoms with van der Waals surface area (Å²) in [6.07, 6.45) is 8.28. The van der Waals surface area contributed by atoms with Crippen LogP contribution < -0.4 is 10.4 Å². The highest BCUT2D eigenvalue weighted by molar-refractivity contribution is 5.86. The zero-order valence-electron chi connectivity index (χ0n) is 9.66. The molecule has 0 heteroatoms. The molecule has 0 aliphatic heterocycles. The van der Waals surface area contributed by atoms with Crippen LogP contribution in [0.3, 0.4) is 0 Å². The zero-order valence-corrected chi connectivity index (χ0v) is 9.66. The predicted molar refractivity (Wildman–Crippen MR) is 70.7 cm³/mol. The summed E-state index contributed by atoms with van der Waals surface area (Å²) < 4.78 is 0. The van der Waals surface area contributed by atoms with Crippen molar-refractivity contribution >= 4 is 22.9 Å². The van der Waals surface area contributed by atoms with Gasteiger partial charge in [-0.15, -0.1) is 0 Å². The number of benzene rings is 2. The normalized spacial score (nSPS) is 14.1. The van der Waals surface area contributed by atoms with Crippen LogP contribution in [0, 0.1) is 0 Å². The van der Waals surface area contributed by atoms with E-state index in [-0.39, 0.29) is 0 Å². The third kappa shape index (κ3) is 1.37. The van der Waals surface area contributed by atoms with Crippen LogP contribution in [0.1, 0.15) is 25.3 Å². The van der Waals surface area contributed by atoms with Crippen molar-refractivity contribution in [2.75, 3.05) is 0 Å². The molecule has 2 aromatic carbocycles. The molecule has 0 atom stereocenters. The molecular weight excluding hydrogens is 192 g/mol. The van der Waals surface area contributed by atoms with Gasteiger partial charge in [-0.3, -0.25) is 0 Å². The Hall–Kier alpha value is -1.56. The highest BCUT2D eigenvalue weighted by Crippen LogP contribution is 2.15. The average Bonchev–Trinajstić information content (AvgIpc) is 2.36. The van der Waals surface area contributed by atoms with E-state index >= 15 is 0 Å². The first-order valence-electron chi connectivity index (χ1n) is 6.11. The largest absolute Gasteiger partial charge is 0.0763 e. The quantitative estimate of drug-likeness (QED) is 0.676. The highest BCUT2D eigenvalue weighted by Gasteiger charge is 2.04. The lowest BCUT2D eigenvalue weighted by atomic mass is 9.95. The number of hydrogen-bond donors (Lipinski definition) is 0. The second-order valence-electron chi connectivity index (χ2n) is 4.42. The van der Waals surface area contributed by atoms with Gasteiger partial charge in [0.25, 0.3) is 0 Å². The second kappa shape index (κ2) is 3.79. The van der Waals surface area contributed by atoms with Crippen LogP contribution in [-0.2, 0) is 6.42 Å². The molecule has 0 amide bonds. The molecule has 0 radical (unpaired) electrons. The van der Waals surface area contributed by atoms with Crippen molar-refractivity contribution in [3.63, 3.8) is 0 Å². The minimum atomic E-state index is 1.12. The van der Waals surface area contributed by atoms with E-state index in [0.29, 0.717) is 0 Å². The Bertz CT molecular complexity index is 648. The topological polar surface area (TPSA) is 0 Å². The van der Waals surface area contributed by atoms with E-state index in [4.69, 9.17) is 0 Å². The van der Waals surface area contributed by atoms with Crippen LogP contribution in [0.15, 0.2) is 30.3 Å². The maximum Gasteiger partial charge on any atom is -0.0146 e. The van der Waals surface area contributed by atoms with E-state index in [2.05, 4.69) is 49.4 Å². The Morgan fingerprint density at radius 1 is 1.06 bits per heavy atom. The summed E-state index contributed by atoms with van der Waals surface area (Å²) >= 11 is 0. The molecule has 0 saturated carbocycles. The van der Waals surface area contributed by atoms with Crippen LogP contribution in [0.5, 0.6) is 0 Å². The van der Waals surface area contributed by atoms with E-state index in [0.717, 1.165) is 6.42 Å². The van der Waals surface area contributed by atoms with Gasteiger partial charge < -0.3 is 0 Å². The van der Waals surface area contributed by atoms with Gasteiger partial charge in [0.1, 0.15) is 0 Å². The number of hydrogen-bond acceptors (Lipinski definition) is 0. The van der Waals surface area contributed by atoms with Gasteiger partial charge in [-0.05, 0) is 52.1 Å². The first kappa shape index (κ1) is 9.65. The van der Waals surface area contributed by atoms with Crippen LogP contribution in [0.2, 0.25) is 0 Å². The summed E-state index contributed by atoms with van der Waals surface area (Å²) in [6.45, 7) is 2.25. The van der Waals surface area contributed by atoms with E-state index in [1.54, 1.807) is 0 Å². The van der Waals surface area contributed by atoms with Crippen molar-refractivity contribution in [1.82, 2.24) is 0 Å². The Morgan fingerprint density at radius 2 is 1.88 bits per heavy atom. The first-order valence-corrected chi connectivity index (χ1v) is 6.11. The summed E-state index contributed by atoms with van der Waals surface area (Å²) in [5, 5.41) is 5.72. The Labute approximate surface area is 95.9 Å². The van der Waals surface area contributed by atoms with Crippen molar-refractivity contribution in [3.8, 4) is 0 Å². The molecule has 16 heavy (non-hydrogen) atoms. The van der Waals surface area contributed by atoms with Gasteiger partial charge in [-0.25, -0.2) is 0 Å². The maximum absolute atomic E-state index is 2.40. The molecule has 0 heterocycles. The third-order valence-corrected chi connectivity index (χ3v) is 3.47. The maximum atomic E-state index is 2.40. The number of aryl methyl sites for hydroxylation is 1. The Kier molecular flexibility index (Phi) is 2.28. The summed E-state index contributed by atoms with van der Waals surface area (Å²) in [7, 11) is 0. The molecular formula is C16H16. The lowest BCUT2D eigenvalue weighted by Crippen LogP contribution is -2.30. The van der Waals surface area contributed by atoms with Crippen molar-refractivity contribution in [2.45, 2.75) is 26.2 Å². The molecule has 0 unspecified atom stereocenters. The average molecular weight is 208 g/mol. The Morgan fingerprint density at radius 3 is 2.75 bits per heavy atom. The standard InChI is InChI=1S/C16H16/c1-2-14-15-9-5-3-7-12(15)11-13-8-4-6-10-16(13)14/h3,5,7-11H,2,4,6H2,1H3. The van der Waals surface area contributed by atoms with Crippen molar-refractivity contribution in [3.05, 3.63) is 46.3 Å². The third-order valence-electron chi connectivity index (χ3n) is 3.47. The van der Waals surface area contributed by atoms with E-state index in [1.165, 1.54) is 39.6 Å². The highest BCUT2D eigenvalue weighted by atomic mass is 14.1. The SMILES string of the molecule is CCc1c2c(cc3ccccc13)=CCCC=2. The van der Waals surface area contributed by atoms with Crippen molar-refractivity contribution in [2.24, 2.45) is 0 Å². The molecule has 0 fully saturated rings. The molecule has 0 N–H and O–H groups in total. The van der Waals surface area contributed by atoms with Crippen molar-refractivity contribution < 1.29 is 0 Å². The lowest BCUT2D eigenvalue weighted by Gasteiger charge is -2.09. The van der Waals surface area contributed by atoms with Gasteiger partial charge in [0, 0.05) is 0 Å². The number of fused-ring (bicyclic) bond motifs is 2. The van der Waals surface area contributed by atoms with Crippen LogP contribution >= 0.6 is 0 Å². The van der Waals surface area contributed by atoms with E-state index < -0.39 is 0 Å². The summed E-state index contributed by atoms with van der Waals surface area (Å²) in [6, 6.07) is 11.1. The molecule has 2 aromatic rings. The van der Waals surface area contributed by atoms with Crippen LogP contribution in [0.25, 0.3) is 22.9 Å². The predicted octanol–water partition coefficient (Wildman–Crippen LogP) is 2.76. The molecule has 80 valence electrons. The second-order valence-corrected chi connectivity index (χ2v) is 4.42. The molecule has 0 saturated heterocycles. The molecule has 3 rings (SSSR count). The minimum Gasteiger partial charge on any atom is -0.0763 e. The fraction of sp³-hybridized carbons (Fsp3) is 0.250. The minimum absolute atomic E-state index is 1.12. The van der Waals surface area contributed by atoms with Crippen molar-refractivity contribution in [1.29, 1.82) is 0 Å². The lowest BCUT2D eigenvalue weighted by molar-refractivity contribution is 1.08. The molecule has 0 nitrogen and oxygen atoms in total. The molecule has 0 bridgehead atoms. The van der Waals surface area contributed by atoms with E-state index in [1.807, 2.05) is 0 Å². The summed E-state index contributed by atoms with van der Waals surface area (Å²) in [5.74, 6) is 0. The number of rotatable bonds is 1. The van der Waals surface area contributed by atoms with Crippen LogP contribution in [-0.4, -0.2) is 0 Å². The van der Waals surface area contributed by atoms with Gasteiger partial charge in [0.05, 0.1) is 0 Å². The molecule has 0 spiro atoms. The van der Waals surface area contributed by atoms with Crippen LogP contribution in [0.4, 0.5) is 0 Å². The molecule has 1 aliphatic carbocycles. The summed E-state index contributed by atoms with van der Waals surface area (Å²) in [4.78, 5) is 0. The first-order chi connectivity index (χ1) is 7.90. The summed E-state index contributed by atoms with van der Waals surface area (Å²) in [5.41, 5.74) is 1.52. The fourth-order valence-electron chi connectivity index (χ4n) is 2.72. The molecule has 1 aliphatic rings. The van der Waals surface area contributed by atoms with Gasteiger partial charge in [0.15, 0.2) is 0 Å². The Balaban J connectivity index is 2.56.